The molecule has 3 N–H and O–H groups in total. The molecule has 0 bridgehead atoms. The number of nitrogen functional groups attached to an aromatic ring is 1. The lowest BCUT2D eigenvalue weighted by Crippen LogP contribution is -2.39. The Morgan fingerprint density at radius 2 is 1.92 bits per heavy atom. The lowest BCUT2D eigenvalue weighted by atomic mass is 9.85. The summed E-state index contributed by atoms with van der Waals surface area (Å²) in [5, 5.41) is 4.37. The smallest absolute Gasteiger partial charge is 0.219 e. The molecule has 0 aliphatic carbocycles. The number of piperidine rings is 1. The number of benzene rings is 2. The second-order valence-electron chi connectivity index (χ2n) is 9.43. The van der Waals surface area contributed by atoms with Gasteiger partial charge in [0.15, 0.2) is 5.13 Å². The Bertz CT molecular complexity index is 1580. The maximum atomic E-state index is 11.9. The van der Waals surface area contributed by atoms with Gasteiger partial charge >= 0.3 is 0 Å². The molecule has 0 spiro atoms. The zero-order valence-corrected chi connectivity index (χ0v) is 21.3. The van der Waals surface area contributed by atoms with Crippen molar-refractivity contribution in [3.05, 3.63) is 72.8 Å². The van der Waals surface area contributed by atoms with Crippen LogP contribution < -0.4 is 11.1 Å². The van der Waals surface area contributed by atoms with E-state index in [1.165, 1.54) is 11.3 Å². The number of nitrogens with one attached hydrogen (secondary N) is 1. The summed E-state index contributed by atoms with van der Waals surface area (Å²) in [6.45, 7) is 3.18. The Kier molecular flexibility index (Phi) is 6.13. The third kappa shape index (κ3) is 4.70. The molecule has 0 saturated carbocycles. The van der Waals surface area contributed by atoms with Crippen LogP contribution >= 0.6 is 11.3 Å². The molecule has 37 heavy (non-hydrogen) atoms. The molecule has 8 nitrogen and oxygen atoms in total. The number of nitrogens with zero attached hydrogens (tertiary/aromatic N) is 5. The molecule has 1 atom stereocenters. The summed E-state index contributed by atoms with van der Waals surface area (Å²) >= 11 is 1.48. The predicted octanol–water partition coefficient (Wildman–Crippen LogP) is 5.30. The van der Waals surface area contributed by atoms with E-state index in [1.54, 1.807) is 25.5 Å². The number of fused-ring (bicyclic) bond motifs is 2. The Morgan fingerprint density at radius 3 is 2.70 bits per heavy atom. The minimum Gasteiger partial charge on any atom is -0.378 e. The number of rotatable bonds is 5. The van der Waals surface area contributed by atoms with Gasteiger partial charge in [0.2, 0.25) is 5.91 Å². The highest BCUT2D eigenvalue weighted by atomic mass is 32.1. The summed E-state index contributed by atoms with van der Waals surface area (Å²) in [7, 11) is 0. The molecule has 1 aliphatic heterocycles. The molecule has 4 heterocycles. The van der Waals surface area contributed by atoms with Crippen molar-refractivity contribution in [2.24, 2.45) is 5.92 Å². The molecule has 2 aromatic carbocycles. The van der Waals surface area contributed by atoms with E-state index in [9.17, 15) is 4.79 Å². The fourth-order valence-corrected chi connectivity index (χ4v) is 5.97. The number of pyridine rings is 1. The van der Waals surface area contributed by atoms with E-state index in [1.807, 2.05) is 17.2 Å². The largest absolute Gasteiger partial charge is 0.378 e. The molecular weight excluding hydrogens is 482 g/mol. The van der Waals surface area contributed by atoms with Crippen LogP contribution in [0.2, 0.25) is 0 Å². The maximum Gasteiger partial charge on any atom is 0.219 e. The van der Waals surface area contributed by atoms with Crippen molar-refractivity contribution in [1.29, 1.82) is 0 Å². The molecule has 1 amide bonds. The third-order valence-corrected chi connectivity index (χ3v) is 7.98. The SMILES string of the molecule is CC(=O)N1CCC(C(Nc2cc(-c3ccc4sc(N)nc4c3)c3nccnc3c2)c2cccnc2)CC1. The van der Waals surface area contributed by atoms with Gasteiger partial charge in [-0.1, -0.05) is 23.5 Å². The van der Waals surface area contributed by atoms with Crippen molar-refractivity contribution in [1.82, 2.24) is 24.8 Å². The highest BCUT2D eigenvalue weighted by Crippen LogP contribution is 2.37. The van der Waals surface area contributed by atoms with E-state index < -0.39 is 0 Å². The summed E-state index contributed by atoms with van der Waals surface area (Å²) < 4.78 is 1.06. The molecular formula is C28H27N7OS. The first-order valence-electron chi connectivity index (χ1n) is 12.4. The van der Waals surface area contributed by atoms with Gasteiger partial charge in [-0.05, 0) is 60.2 Å². The second-order valence-corrected chi connectivity index (χ2v) is 10.5. The number of hydrogen-bond donors (Lipinski definition) is 2. The Balaban J connectivity index is 1.40. The molecule has 3 aromatic heterocycles. The molecule has 9 heteroatoms. The predicted molar refractivity (Wildman–Crippen MR) is 148 cm³/mol. The quantitative estimate of drug-likeness (QED) is 0.331. The lowest BCUT2D eigenvalue weighted by Gasteiger charge is -2.36. The topological polar surface area (TPSA) is 110 Å². The molecule has 6 rings (SSSR count). The summed E-state index contributed by atoms with van der Waals surface area (Å²) in [6.07, 6.45) is 9.01. The van der Waals surface area contributed by atoms with Gasteiger partial charge < -0.3 is 16.0 Å². The van der Waals surface area contributed by atoms with Crippen LogP contribution in [0.4, 0.5) is 10.8 Å². The van der Waals surface area contributed by atoms with Crippen molar-refractivity contribution in [3.8, 4) is 11.1 Å². The van der Waals surface area contributed by atoms with Crippen molar-refractivity contribution >= 4 is 49.3 Å². The van der Waals surface area contributed by atoms with Crippen molar-refractivity contribution in [2.45, 2.75) is 25.8 Å². The first kappa shape index (κ1) is 23.3. The van der Waals surface area contributed by atoms with Crippen LogP contribution in [0.1, 0.15) is 31.4 Å². The van der Waals surface area contributed by atoms with Crippen molar-refractivity contribution in [3.63, 3.8) is 0 Å². The number of carbonyl (C=O) groups excluding carboxylic acids is 1. The van der Waals surface area contributed by atoms with Crippen LogP contribution in [0, 0.1) is 5.92 Å². The number of anilines is 2. The van der Waals surface area contributed by atoms with Crippen LogP contribution in [-0.2, 0) is 4.79 Å². The molecule has 5 aromatic rings. The first-order valence-corrected chi connectivity index (χ1v) is 13.2. The highest BCUT2D eigenvalue weighted by Gasteiger charge is 2.29. The van der Waals surface area contributed by atoms with Crippen molar-refractivity contribution in [2.75, 3.05) is 24.1 Å². The number of nitrogens with two attached hydrogens (primary N) is 1. The van der Waals surface area contributed by atoms with Gasteiger partial charge in [0, 0.05) is 56.1 Å². The number of thiazole rings is 1. The van der Waals surface area contributed by atoms with E-state index in [4.69, 9.17) is 5.73 Å². The van der Waals surface area contributed by atoms with E-state index in [0.717, 1.165) is 69.6 Å². The Labute approximate surface area is 218 Å². The van der Waals surface area contributed by atoms with Crippen LogP contribution in [0.3, 0.4) is 0 Å². The number of hydrogen-bond acceptors (Lipinski definition) is 8. The van der Waals surface area contributed by atoms with Gasteiger partial charge in [0.05, 0.1) is 27.3 Å². The molecule has 186 valence electrons. The van der Waals surface area contributed by atoms with Gasteiger partial charge in [-0.3, -0.25) is 19.7 Å². The standard InChI is InChI=1S/C28H27N7OS/c1-17(36)35-11-6-18(7-12-35)26(20-3-2-8-30-16-20)33-21-14-22(27-24(15-21)31-9-10-32-27)19-4-5-25-23(13-19)34-28(29)37-25/h2-5,8-10,13-16,18,26,33H,6-7,11-12H2,1H3,(H2,29,34). The van der Waals surface area contributed by atoms with E-state index >= 15 is 0 Å². The number of amides is 1. The molecule has 0 radical (unpaired) electrons. The fourth-order valence-electron chi connectivity index (χ4n) is 5.25. The van der Waals surface area contributed by atoms with E-state index in [2.05, 4.69) is 61.7 Å². The average molecular weight is 510 g/mol. The minimum absolute atomic E-state index is 0.0469. The number of likely N-dealkylation sites (tertiary alicyclic amines) is 1. The minimum atomic E-state index is 0.0469. The average Bonchev–Trinajstić information content (AvgIpc) is 3.31. The van der Waals surface area contributed by atoms with Gasteiger partial charge in [-0.25, -0.2) is 4.98 Å². The third-order valence-electron chi connectivity index (χ3n) is 7.11. The fraction of sp³-hybridized carbons (Fsp3) is 0.250. The first-order chi connectivity index (χ1) is 18.0. The molecule has 1 unspecified atom stereocenters. The summed E-state index contributed by atoms with van der Waals surface area (Å²) in [5.41, 5.74) is 12.6. The monoisotopic (exact) mass is 509 g/mol. The normalized spacial score (nSPS) is 15.2. The second kappa shape index (κ2) is 9.74. The van der Waals surface area contributed by atoms with Crippen LogP contribution in [-0.4, -0.2) is 43.8 Å². The highest BCUT2D eigenvalue weighted by molar-refractivity contribution is 7.22. The zero-order valence-electron chi connectivity index (χ0n) is 20.5. The van der Waals surface area contributed by atoms with E-state index in [0.29, 0.717) is 11.0 Å². The van der Waals surface area contributed by atoms with Crippen LogP contribution in [0.25, 0.3) is 32.4 Å². The Hall–Kier alpha value is -4.11. The lowest BCUT2D eigenvalue weighted by molar-refractivity contribution is -0.130. The van der Waals surface area contributed by atoms with E-state index in [-0.39, 0.29) is 11.9 Å². The van der Waals surface area contributed by atoms with Gasteiger partial charge in [-0.2, -0.15) is 0 Å². The van der Waals surface area contributed by atoms with Gasteiger partial charge in [-0.15, -0.1) is 0 Å². The molecule has 1 saturated heterocycles. The summed E-state index contributed by atoms with van der Waals surface area (Å²) in [5.74, 6) is 0.496. The summed E-state index contributed by atoms with van der Waals surface area (Å²) in [6, 6.07) is 14.5. The van der Waals surface area contributed by atoms with Crippen LogP contribution in [0.15, 0.2) is 67.3 Å². The van der Waals surface area contributed by atoms with Gasteiger partial charge in [0.25, 0.3) is 0 Å². The summed E-state index contributed by atoms with van der Waals surface area (Å²) in [4.78, 5) is 32.0. The maximum absolute atomic E-state index is 11.9. The molecule has 1 aliphatic rings. The van der Waals surface area contributed by atoms with Gasteiger partial charge in [0.1, 0.15) is 0 Å². The zero-order chi connectivity index (χ0) is 25.4. The number of carbonyl (C=O) groups is 1. The molecule has 1 fully saturated rings. The van der Waals surface area contributed by atoms with Crippen LogP contribution in [0.5, 0.6) is 0 Å². The Morgan fingerprint density at radius 1 is 1.08 bits per heavy atom. The van der Waals surface area contributed by atoms with Crippen molar-refractivity contribution < 1.29 is 4.79 Å². The number of aromatic nitrogens is 4.